The molecule has 3 rings (SSSR count). The maximum absolute atomic E-state index is 13.5. The van der Waals surface area contributed by atoms with Crippen molar-refractivity contribution in [2.75, 3.05) is 11.9 Å². The molecule has 0 bridgehead atoms. The van der Waals surface area contributed by atoms with Gasteiger partial charge in [0, 0.05) is 17.5 Å². The summed E-state index contributed by atoms with van der Waals surface area (Å²) in [6.07, 6.45) is 2.45. The predicted octanol–water partition coefficient (Wildman–Crippen LogP) is 3.55. The molecule has 0 atom stereocenters. The quantitative estimate of drug-likeness (QED) is 0.684. The molecule has 1 heterocycles. The van der Waals surface area contributed by atoms with Gasteiger partial charge in [0.05, 0.1) is 12.1 Å². The van der Waals surface area contributed by atoms with Crippen molar-refractivity contribution < 1.29 is 14.0 Å². The number of halogens is 1. The first-order valence-corrected chi connectivity index (χ1v) is 9.16. The van der Waals surface area contributed by atoms with E-state index in [1.54, 1.807) is 12.3 Å². The number of hydrogen-bond donors (Lipinski definition) is 2. The van der Waals surface area contributed by atoms with Crippen molar-refractivity contribution in [1.29, 1.82) is 0 Å². The summed E-state index contributed by atoms with van der Waals surface area (Å²) in [5.41, 5.74) is 2.27. The average Bonchev–Trinajstić information content (AvgIpc) is 3.09. The SMILES string of the molecule is Cc1ccc(Cc2cnc(NC(=O)CNC(=O)c3ccccc3F)s2)cc1. The number of amides is 2. The van der Waals surface area contributed by atoms with Crippen molar-refractivity contribution >= 4 is 28.3 Å². The second kappa shape index (κ2) is 8.55. The molecule has 138 valence electrons. The number of nitrogens with one attached hydrogen (secondary N) is 2. The zero-order valence-corrected chi connectivity index (χ0v) is 15.5. The van der Waals surface area contributed by atoms with Crippen LogP contribution in [-0.2, 0) is 11.2 Å². The Hall–Kier alpha value is -3.06. The second-order valence-electron chi connectivity index (χ2n) is 6.00. The molecule has 27 heavy (non-hydrogen) atoms. The number of aromatic nitrogens is 1. The summed E-state index contributed by atoms with van der Waals surface area (Å²) < 4.78 is 13.5. The summed E-state index contributed by atoms with van der Waals surface area (Å²) >= 11 is 1.38. The van der Waals surface area contributed by atoms with Crippen molar-refractivity contribution in [2.45, 2.75) is 13.3 Å². The number of carbonyl (C=O) groups is 2. The van der Waals surface area contributed by atoms with Crippen molar-refractivity contribution in [3.8, 4) is 0 Å². The summed E-state index contributed by atoms with van der Waals surface area (Å²) in [6, 6.07) is 13.8. The summed E-state index contributed by atoms with van der Waals surface area (Å²) in [7, 11) is 0. The normalized spacial score (nSPS) is 10.4. The van der Waals surface area contributed by atoms with Crippen molar-refractivity contribution in [1.82, 2.24) is 10.3 Å². The number of carbonyl (C=O) groups excluding carboxylic acids is 2. The van der Waals surface area contributed by atoms with Gasteiger partial charge < -0.3 is 10.6 Å². The molecule has 2 aromatic carbocycles. The van der Waals surface area contributed by atoms with Gasteiger partial charge in [-0.25, -0.2) is 9.37 Å². The van der Waals surface area contributed by atoms with Crippen LogP contribution >= 0.6 is 11.3 Å². The molecule has 0 aliphatic rings. The molecule has 0 aliphatic heterocycles. The van der Waals surface area contributed by atoms with Gasteiger partial charge in [0.25, 0.3) is 5.91 Å². The minimum atomic E-state index is -0.637. The first kappa shape index (κ1) is 18.7. The van der Waals surface area contributed by atoms with E-state index < -0.39 is 17.6 Å². The van der Waals surface area contributed by atoms with Gasteiger partial charge in [-0.1, -0.05) is 42.0 Å². The number of nitrogens with zero attached hydrogens (tertiary/aromatic N) is 1. The van der Waals surface area contributed by atoms with E-state index in [-0.39, 0.29) is 12.1 Å². The Morgan fingerprint density at radius 2 is 1.85 bits per heavy atom. The molecule has 1 aromatic heterocycles. The van der Waals surface area contributed by atoms with Gasteiger partial charge in [-0.05, 0) is 24.6 Å². The molecule has 0 aliphatic carbocycles. The maximum atomic E-state index is 13.5. The fraction of sp³-hybridized carbons (Fsp3) is 0.150. The lowest BCUT2D eigenvalue weighted by Gasteiger charge is -2.05. The van der Waals surface area contributed by atoms with E-state index in [2.05, 4.69) is 39.9 Å². The van der Waals surface area contributed by atoms with E-state index >= 15 is 0 Å². The van der Waals surface area contributed by atoms with Gasteiger partial charge in [-0.15, -0.1) is 11.3 Å². The van der Waals surface area contributed by atoms with Crippen LogP contribution in [0.4, 0.5) is 9.52 Å². The smallest absolute Gasteiger partial charge is 0.254 e. The Kier molecular flexibility index (Phi) is 5.93. The van der Waals surface area contributed by atoms with E-state index in [1.807, 2.05) is 6.92 Å². The highest BCUT2D eigenvalue weighted by molar-refractivity contribution is 7.15. The fourth-order valence-corrected chi connectivity index (χ4v) is 3.28. The van der Waals surface area contributed by atoms with Crippen LogP contribution in [0.15, 0.2) is 54.7 Å². The highest BCUT2D eigenvalue weighted by Gasteiger charge is 2.13. The van der Waals surface area contributed by atoms with Crippen LogP contribution in [0.25, 0.3) is 0 Å². The number of hydrogen-bond acceptors (Lipinski definition) is 4. The summed E-state index contributed by atoms with van der Waals surface area (Å²) in [5.74, 6) is -1.69. The lowest BCUT2D eigenvalue weighted by molar-refractivity contribution is -0.115. The monoisotopic (exact) mass is 383 g/mol. The van der Waals surface area contributed by atoms with E-state index in [0.29, 0.717) is 5.13 Å². The molecule has 2 N–H and O–H groups in total. The van der Waals surface area contributed by atoms with Crippen LogP contribution in [0.3, 0.4) is 0 Å². The standard InChI is InChI=1S/C20H18FN3O2S/c1-13-6-8-14(9-7-13)10-15-11-23-20(27-15)24-18(25)12-22-19(26)16-4-2-3-5-17(16)21/h2-9,11H,10,12H2,1H3,(H,22,26)(H,23,24,25). The van der Waals surface area contributed by atoms with E-state index in [9.17, 15) is 14.0 Å². The molecule has 3 aromatic rings. The maximum Gasteiger partial charge on any atom is 0.254 e. The third-order valence-electron chi connectivity index (χ3n) is 3.83. The van der Waals surface area contributed by atoms with Crippen molar-refractivity contribution in [3.63, 3.8) is 0 Å². The van der Waals surface area contributed by atoms with Crippen molar-refractivity contribution in [2.24, 2.45) is 0 Å². The summed E-state index contributed by atoms with van der Waals surface area (Å²) in [6.45, 7) is 1.77. The molecule has 0 spiro atoms. The van der Waals surface area contributed by atoms with Gasteiger partial charge in [-0.3, -0.25) is 9.59 Å². The molecule has 0 saturated heterocycles. The number of benzene rings is 2. The number of rotatable bonds is 6. The largest absolute Gasteiger partial charge is 0.343 e. The Morgan fingerprint density at radius 1 is 1.11 bits per heavy atom. The molecule has 0 radical (unpaired) electrons. The predicted molar refractivity (Wildman–Crippen MR) is 103 cm³/mol. The Morgan fingerprint density at radius 3 is 2.59 bits per heavy atom. The van der Waals surface area contributed by atoms with Crippen molar-refractivity contribution in [3.05, 3.63) is 82.1 Å². The van der Waals surface area contributed by atoms with Crippen LogP contribution in [-0.4, -0.2) is 23.3 Å². The van der Waals surface area contributed by atoms with Crippen LogP contribution in [0.5, 0.6) is 0 Å². The molecule has 0 saturated carbocycles. The third kappa shape index (κ3) is 5.21. The van der Waals surface area contributed by atoms with Gasteiger partial charge in [0.15, 0.2) is 5.13 Å². The van der Waals surface area contributed by atoms with E-state index in [4.69, 9.17) is 0 Å². The Labute approximate surface area is 160 Å². The minimum Gasteiger partial charge on any atom is -0.343 e. The van der Waals surface area contributed by atoms with Gasteiger partial charge >= 0.3 is 0 Å². The number of thiazole rings is 1. The molecule has 7 heteroatoms. The van der Waals surface area contributed by atoms with Gasteiger partial charge in [-0.2, -0.15) is 0 Å². The summed E-state index contributed by atoms with van der Waals surface area (Å²) in [5, 5.41) is 5.50. The van der Waals surface area contributed by atoms with Crippen LogP contribution in [0.2, 0.25) is 0 Å². The molecule has 2 amide bonds. The highest BCUT2D eigenvalue weighted by Crippen LogP contribution is 2.21. The summed E-state index contributed by atoms with van der Waals surface area (Å²) in [4.78, 5) is 29.1. The average molecular weight is 383 g/mol. The Balaban J connectivity index is 1.51. The van der Waals surface area contributed by atoms with Crippen LogP contribution in [0, 0.1) is 12.7 Å². The fourth-order valence-electron chi connectivity index (χ4n) is 2.42. The number of aryl methyl sites for hydroxylation is 1. The first-order chi connectivity index (χ1) is 13.0. The third-order valence-corrected chi connectivity index (χ3v) is 4.74. The van der Waals surface area contributed by atoms with Gasteiger partial charge in [0.1, 0.15) is 5.82 Å². The molecular formula is C20H18FN3O2S. The zero-order chi connectivity index (χ0) is 19.2. The lowest BCUT2D eigenvalue weighted by atomic mass is 10.1. The molecule has 0 fully saturated rings. The lowest BCUT2D eigenvalue weighted by Crippen LogP contribution is -2.33. The van der Waals surface area contributed by atoms with Crippen LogP contribution in [0.1, 0.15) is 26.4 Å². The highest BCUT2D eigenvalue weighted by atomic mass is 32.1. The van der Waals surface area contributed by atoms with E-state index in [0.717, 1.165) is 11.3 Å². The van der Waals surface area contributed by atoms with E-state index in [1.165, 1.54) is 40.7 Å². The minimum absolute atomic E-state index is 0.0973. The van der Waals surface area contributed by atoms with Crippen LogP contribution < -0.4 is 10.6 Å². The first-order valence-electron chi connectivity index (χ1n) is 8.34. The zero-order valence-electron chi connectivity index (χ0n) is 14.7. The van der Waals surface area contributed by atoms with Gasteiger partial charge in [0.2, 0.25) is 5.91 Å². The molecular weight excluding hydrogens is 365 g/mol. The molecule has 5 nitrogen and oxygen atoms in total. The molecule has 0 unspecified atom stereocenters. The topological polar surface area (TPSA) is 71.1 Å². The Bertz CT molecular complexity index is 954. The second-order valence-corrected chi connectivity index (χ2v) is 7.12. The number of anilines is 1.